The summed E-state index contributed by atoms with van der Waals surface area (Å²) in [6, 6.07) is 18.5. The van der Waals surface area contributed by atoms with Crippen molar-refractivity contribution >= 4 is 41.1 Å². The Kier molecular flexibility index (Phi) is 11.4. The van der Waals surface area contributed by atoms with Crippen molar-refractivity contribution in [2.24, 2.45) is 0 Å². The molecule has 3 aromatic carbocycles. The molecule has 1 unspecified atom stereocenters. The maximum absolute atomic E-state index is 13.2. The number of carbonyl (C=O) groups is 6. The van der Waals surface area contributed by atoms with Crippen molar-refractivity contribution in [1.29, 1.82) is 0 Å². The molecule has 0 saturated carbocycles. The molecule has 4 N–H and O–H groups in total. The van der Waals surface area contributed by atoms with Gasteiger partial charge in [-0.1, -0.05) is 43.3 Å². The zero-order chi connectivity index (χ0) is 34.0. The zero-order valence-electron chi connectivity index (χ0n) is 26.5. The number of nitrogens with zero attached hydrogens (tertiary/aromatic N) is 1. The number of imide groups is 2. The van der Waals surface area contributed by atoms with Crippen LogP contribution >= 0.6 is 0 Å². The number of carbonyl (C=O) groups excluding carboxylic acids is 6. The van der Waals surface area contributed by atoms with E-state index in [1.54, 1.807) is 42.5 Å². The largest absolute Gasteiger partial charge is 0.379 e. The first-order valence-corrected chi connectivity index (χ1v) is 15.8. The fourth-order valence-corrected chi connectivity index (χ4v) is 5.46. The average Bonchev–Trinajstić information content (AvgIpc) is 3.34. The van der Waals surface area contributed by atoms with Gasteiger partial charge in [-0.05, 0) is 66.3 Å². The molecule has 0 spiro atoms. The van der Waals surface area contributed by atoms with E-state index in [1.807, 2.05) is 31.2 Å². The Morgan fingerprint density at radius 2 is 1.58 bits per heavy atom. The van der Waals surface area contributed by atoms with E-state index in [0.717, 1.165) is 22.4 Å². The molecule has 0 aliphatic carbocycles. The second-order valence-corrected chi connectivity index (χ2v) is 11.3. The summed E-state index contributed by atoms with van der Waals surface area (Å²) >= 11 is 0. The van der Waals surface area contributed by atoms with Crippen LogP contribution in [0.4, 0.5) is 5.69 Å². The lowest BCUT2D eigenvalue weighted by atomic mass is 10.0. The molecule has 1 atom stereocenters. The second-order valence-electron chi connectivity index (χ2n) is 11.3. The van der Waals surface area contributed by atoms with Gasteiger partial charge in [-0.25, -0.2) is 5.43 Å². The van der Waals surface area contributed by atoms with E-state index in [0.29, 0.717) is 29.8 Å². The number of benzene rings is 3. The SMILES string of the molecule is CCCNNC(=O)c1ccc(-c2ccc(NC(=O)COCCOCCc3cccc4c3C(=O)N(C3CCC(=O)NC3=O)C4=O)cc2)cc1. The summed E-state index contributed by atoms with van der Waals surface area (Å²) in [5.41, 5.74) is 9.63. The predicted molar refractivity (Wildman–Crippen MR) is 175 cm³/mol. The van der Waals surface area contributed by atoms with E-state index in [4.69, 9.17) is 9.47 Å². The minimum Gasteiger partial charge on any atom is -0.379 e. The van der Waals surface area contributed by atoms with E-state index in [9.17, 15) is 28.8 Å². The van der Waals surface area contributed by atoms with Gasteiger partial charge in [-0.15, -0.1) is 0 Å². The molecule has 3 aromatic rings. The number of nitrogens with one attached hydrogen (secondary N) is 4. The standard InChI is InChI=1S/C35H37N5O8/c1-2-17-36-39-32(43)25-8-6-22(7-9-25)23-10-12-26(13-11-23)37-30(42)21-48-20-19-47-18-16-24-4-3-5-27-31(24)35(46)40(34(27)45)28-14-15-29(41)38-33(28)44/h3-13,28,36H,2,14-21H2,1H3,(H,37,42)(H,39,43)(H,38,41,44). The van der Waals surface area contributed by atoms with Gasteiger partial charge in [0, 0.05) is 24.2 Å². The molecule has 0 radical (unpaired) electrons. The molecule has 2 aliphatic rings. The molecule has 48 heavy (non-hydrogen) atoms. The van der Waals surface area contributed by atoms with E-state index < -0.39 is 29.7 Å². The van der Waals surface area contributed by atoms with Crippen molar-refractivity contribution in [2.45, 2.75) is 38.6 Å². The number of fused-ring (bicyclic) bond motifs is 1. The first-order valence-electron chi connectivity index (χ1n) is 15.8. The lowest BCUT2D eigenvalue weighted by molar-refractivity contribution is -0.136. The van der Waals surface area contributed by atoms with Crippen LogP contribution in [0.5, 0.6) is 0 Å². The van der Waals surface area contributed by atoms with Crippen LogP contribution in [-0.2, 0) is 30.3 Å². The third-order valence-corrected chi connectivity index (χ3v) is 7.90. The van der Waals surface area contributed by atoms with Crippen LogP contribution in [0.15, 0.2) is 66.7 Å². The molecule has 13 heteroatoms. The summed E-state index contributed by atoms with van der Waals surface area (Å²) in [6.45, 7) is 3.16. The molecular formula is C35H37N5O8. The van der Waals surface area contributed by atoms with E-state index in [1.165, 1.54) is 0 Å². The van der Waals surface area contributed by atoms with Crippen LogP contribution in [0.3, 0.4) is 0 Å². The Labute approximate surface area is 277 Å². The summed E-state index contributed by atoms with van der Waals surface area (Å²) in [5, 5.41) is 4.98. The smallest absolute Gasteiger partial charge is 0.265 e. The molecule has 1 fully saturated rings. The van der Waals surface area contributed by atoms with Gasteiger partial charge in [0.25, 0.3) is 17.7 Å². The number of hydrogen-bond donors (Lipinski definition) is 4. The number of hydrazine groups is 1. The maximum Gasteiger partial charge on any atom is 0.265 e. The van der Waals surface area contributed by atoms with Gasteiger partial charge in [0.15, 0.2) is 0 Å². The Balaban J connectivity index is 1.01. The van der Waals surface area contributed by atoms with Crippen molar-refractivity contribution in [3.8, 4) is 11.1 Å². The summed E-state index contributed by atoms with van der Waals surface area (Å²) in [7, 11) is 0. The number of piperidine rings is 1. The first kappa shape index (κ1) is 34.1. The minimum absolute atomic E-state index is 0.0543. The van der Waals surface area contributed by atoms with Crippen LogP contribution < -0.4 is 21.5 Å². The monoisotopic (exact) mass is 655 g/mol. The number of hydrogen-bond acceptors (Lipinski definition) is 9. The van der Waals surface area contributed by atoms with Crippen LogP contribution in [0.2, 0.25) is 0 Å². The highest BCUT2D eigenvalue weighted by molar-refractivity contribution is 6.24. The van der Waals surface area contributed by atoms with Gasteiger partial charge >= 0.3 is 0 Å². The predicted octanol–water partition coefficient (Wildman–Crippen LogP) is 2.61. The third kappa shape index (κ3) is 8.18. The van der Waals surface area contributed by atoms with Crippen LogP contribution in [0.1, 0.15) is 62.8 Å². The molecule has 250 valence electrons. The molecule has 0 aromatic heterocycles. The van der Waals surface area contributed by atoms with E-state index in [2.05, 4.69) is 21.5 Å². The van der Waals surface area contributed by atoms with Crippen LogP contribution in [-0.4, -0.2) is 79.4 Å². The number of amides is 6. The molecule has 2 heterocycles. The van der Waals surface area contributed by atoms with Gasteiger partial charge in [-0.2, -0.15) is 0 Å². The molecule has 2 aliphatic heterocycles. The van der Waals surface area contributed by atoms with Gasteiger partial charge in [0.05, 0.1) is 30.9 Å². The highest BCUT2D eigenvalue weighted by Gasteiger charge is 2.45. The summed E-state index contributed by atoms with van der Waals surface area (Å²) in [6.07, 6.45) is 1.40. The lowest BCUT2D eigenvalue weighted by Crippen LogP contribution is -2.54. The Hall–Kier alpha value is -5.24. The van der Waals surface area contributed by atoms with Crippen molar-refractivity contribution in [2.75, 3.05) is 38.3 Å². The number of ether oxygens (including phenoxy) is 2. The first-order chi connectivity index (χ1) is 23.3. The number of anilines is 1. The molecule has 13 nitrogen and oxygen atoms in total. The average molecular weight is 656 g/mol. The van der Waals surface area contributed by atoms with Crippen molar-refractivity contribution in [3.63, 3.8) is 0 Å². The molecule has 1 saturated heterocycles. The van der Waals surface area contributed by atoms with Crippen LogP contribution in [0, 0.1) is 0 Å². The van der Waals surface area contributed by atoms with Gasteiger partial charge in [0.2, 0.25) is 17.7 Å². The molecule has 0 bridgehead atoms. The highest BCUT2D eigenvalue weighted by Crippen LogP contribution is 2.30. The fourth-order valence-electron chi connectivity index (χ4n) is 5.46. The van der Waals surface area contributed by atoms with E-state index in [-0.39, 0.29) is 62.2 Å². The second kappa shape index (κ2) is 16.0. The van der Waals surface area contributed by atoms with Gasteiger partial charge in [0.1, 0.15) is 12.6 Å². The van der Waals surface area contributed by atoms with Gasteiger partial charge in [-0.3, -0.25) is 44.4 Å². The topological polar surface area (TPSA) is 172 Å². The van der Waals surface area contributed by atoms with Gasteiger partial charge < -0.3 is 14.8 Å². The molecular weight excluding hydrogens is 618 g/mol. The minimum atomic E-state index is -1.02. The van der Waals surface area contributed by atoms with E-state index >= 15 is 0 Å². The normalized spacial score (nSPS) is 15.7. The summed E-state index contributed by atoms with van der Waals surface area (Å²) < 4.78 is 11.1. The maximum atomic E-state index is 13.2. The third-order valence-electron chi connectivity index (χ3n) is 7.90. The quantitative estimate of drug-likeness (QED) is 0.109. The molecule has 5 rings (SSSR count). The zero-order valence-corrected chi connectivity index (χ0v) is 26.5. The highest BCUT2D eigenvalue weighted by atomic mass is 16.5. The fraction of sp³-hybridized carbons (Fsp3) is 0.314. The summed E-state index contributed by atoms with van der Waals surface area (Å²) in [4.78, 5) is 75.5. The summed E-state index contributed by atoms with van der Waals surface area (Å²) in [5.74, 6) is -2.71. The Morgan fingerprint density at radius 3 is 2.29 bits per heavy atom. The number of rotatable bonds is 15. The van der Waals surface area contributed by atoms with Crippen molar-refractivity contribution < 1.29 is 38.2 Å². The van der Waals surface area contributed by atoms with Crippen LogP contribution in [0.25, 0.3) is 11.1 Å². The Morgan fingerprint density at radius 1 is 0.875 bits per heavy atom. The Bertz CT molecular complexity index is 1690. The van der Waals surface area contributed by atoms with Crippen molar-refractivity contribution in [1.82, 2.24) is 21.1 Å². The molecule has 6 amide bonds. The lowest BCUT2D eigenvalue weighted by Gasteiger charge is -2.27. The van der Waals surface area contributed by atoms with Crippen molar-refractivity contribution in [3.05, 3.63) is 89.0 Å².